The number of hydrogen-bond acceptors (Lipinski definition) is 6. The maximum atomic E-state index is 11.5. The second-order valence-corrected chi connectivity index (χ2v) is 6.50. The molecule has 7 heteroatoms. The highest BCUT2D eigenvalue weighted by Gasteiger charge is 2.21. The summed E-state index contributed by atoms with van der Waals surface area (Å²) in [5.74, 6) is 1.62. The Morgan fingerprint density at radius 1 is 1.29 bits per heavy atom. The van der Waals surface area contributed by atoms with E-state index >= 15 is 0 Å². The van der Waals surface area contributed by atoms with E-state index in [0.717, 1.165) is 11.4 Å². The molecule has 2 N–H and O–H groups in total. The Kier molecular flexibility index (Phi) is 3.19. The first-order chi connectivity index (χ1) is 7.99. The maximum Gasteiger partial charge on any atom is 0.152 e. The van der Waals surface area contributed by atoms with Crippen LogP contribution in [0.3, 0.4) is 0 Å². The maximum absolute atomic E-state index is 11.5. The van der Waals surface area contributed by atoms with Gasteiger partial charge in [-0.15, -0.1) is 0 Å². The summed E-state index contributed by atoms with van der Waals surface area (Å²) in [5.41, 5.74) is 6.54. The van der Waals surface area contributed by atoms with E-state index in [0.29, 0.717) is 25.3 Å². The molecule has 0 bridgehead atoms. The van der Waals surface area contributed by atoms with E-state index < -0.39 is 9.84 Å². The monoisotopic (exact) mass is 256 g/mol. The van der Waals surface area contributed by atoms with Gasteiger partial charge in [-0.1, -0.05) is 0 Å². The lowest BCUT2D eigenvalue weighted by atomic mass is 10.3. The fourth-order valence-corrected chi connectivity index (χ4v) is 3.19. The van der Waals surface area contributed by atoms with E-state index in [1.165, 1.54) is 6.33 Å². The number of nitrogens with two attached hydrogens (primary N) is 1. The second kappa shape index (κ2) is 4.48. The Bertz CT molecular complexity index is 515. The van der Waals surface area contributed by atoms with Crippen molar-refractivity contribution < 1.29 is 8.42 Å². The molecule has 0 aliphatic carbocycles. The molecular weight excluding hydrogens is 240 g/mol. The van der Waals surface area contributed by atoms with E-state index in [2.05, 4.69) is 9.97 Å². The van der Waals surface area contributed by atoms with Crippen molar-refractivity contribution in [2.45, 2.75) is 13.3 Å². The predicted octanol–water partition coefficient (Wildman–Crippen LogP) is -0.00788. The third-order valence-electron chi connectivity index (χ3n) is 2.95. The topological polar surface area (TPSA) is 89.2 Å². The van der Waals surface area contributed by atoms with Crippen molar-refractivity contribution in [2.24, 2.45) is 0 Å². The van der Waals surface area contributed by atoms with Gasteiger partial charge in [-0.2, -0.15) is 0 Å². The highest BCUT2D eigenvalue weighted by Crippen LogP contribution is 2.21. The summed E-state index contributed by atoms with van der Waals surface area (Å²) in [6.07, 6.45) is 2.04. The van der Waals surface area contributed by atoms with Gasteiger partial charge in [0.05, 0.1) is 11.5 Å². The fourth-order valence-electron chi connectivity index (χ4n) is 1.92. The molecule has 2 heterocycles. The fraction of sp³-hybridized carbons (Fsp3) is 0.600. The van der Waals surface area contributed by atoms with Gasteiger partial charge in [-0.05, 0) is 13.3 Å². The predicted molar refractivity (Wildman–Crippen MR) is 66.7 cm³/mol. The van der Waals surface area contributed by atoms with Crippen LogP contribution in [0.15, 0.2) is 6.33 Å². The molecule has 0 amide bonds. The smallest absolute Gasteiger partial charge is 0.152 e. The van der Waals surface area contributed by atoms with Gasteiger partial charge < -0.3 is 10.6 Å². The molecule has 94 valence electrons. The van der Waals surface area contributed by atoms with Crippen LogP contribution in [0.2, 0.25) is 0 Å². The van der Waals surface area contributed by atoms with Gasteiger partial charge >= 0.3 is 0 Å². The van der Waals surface area contributed by atoms with E-state index in [4.69, 9.17) is 5.73 Å². The first-order valence-corrected chi connectivity index (χ1v) is 7.34. The zero-order chi connectivity index (χ0) is 12.5. The van der Waals surface area contributed by atoms with Crippen LogP contribution in [-0.4, -0.2) is 43.0 Å². The average Bonchev–Trinajstić information content (AvgIpc) is 2.44. The molecule has 1 aliphatic rings. The van der Waals surface area contributed by atoms with E-state index in [1.807, 2.05) is 11.8 Å². The molecule has 1 aromatic heterocycles. The zero-order valence-electron chi connectivity index (χ0n) is 9.76. The minimum atomic E-state index is -2.90. The standard InChI is InChI=1S/C10H16N4O2S/c1-8-9(11)12-7-13-10(8)14-3-2-5-17(15,16)6-4-14/h7H,2-6H2,1H3,(H2,11,12,13). The van der Waals surface area contributed by atoms with Crippen molar-refractivity contribution in [3.05, 3.63) is 11.9 Å². The van der Waals surface area contributed by atoms with Crippen LogP contribution in [-0.2, 0) is 9.84 Å². The Balaban J connectivity index is 2.26. The van der Waals surface area contributed by atoms with Crippen molar-refractivity contribution in [3.8, 4) is 0 Å². The molecule has 0 spiro atoms. The third-order valence-corrected chi connectivity index (χ3v) is 4.67. The number of nitrogens with zero attached hydrogens (tertiary/aromatic N) is 3. The number of sulfone groups is 1. The van der Waals surface area contributed by atoms with Crippen LogP contribution < -0.4 is 10.6 Å². The molecule has 0 saturated carbocycles. The quantitative estimate of drug-likeness (QED) is 0.760. The first kappa shape index (κ1) is 12.1. The summed E-state index contributed by atoms with van der Waals surface area (Å²) in [7, 11) is -2.90. The Morgan fingerprint density at radius 2 is 2.06 bits per heavy atom. The average molecular weight is 256 g/mol. The third kappa shape index (κ3) is 2.66. The molecule has 0 atom stereocenters. The lowest BCUT2D eigenvalue weighted by Gasteiger charge is -2.22. The summed E-state index contributed by atoms with van der Waals surface area (Å²) in [4.78, 5) is 10.1. The minimum absolute atomic E-state index is 0.177. The van der Waals surface area contributed by atoms with E-state index in [9.17, 15) is 8.42 Å². The Morgan fingerprint density at radius 3 is 2.82 bits per heavy atom. The summed E-state index contributed by atoms with van der Waals surface area (Å²) in [6.45, 7) is 3.01. The SMILES string of the molecule is Cc1c(N)ncnc1N1CCCS(=O)(=O)CC1. The minimum Gasteiger partial charge on any atom is -0.383 e. The lowest BCUT2D eigenvalue weighted by Crippen LogP contribution is -2.28. The van der Waals surface area contributed by atoms with Crippen molar-refractivity contribution >= 4 is 21.5 Å². The second-order valence-electron chi connectivity index (χ2n) is 4.20. The van der Waals surface area contributed by atoms with Gasteiger partial charge in [-0.3, -0.25) is 0 Å². The highest BCUT2D eigenvalue weighted by molar-refractivity contribution is 7.91. The van der Waals surface area contributed by atoms with Crippen LogP contribution in [0.1, 0.15) is 12.0 Å². The molecule has 1 saturated heterocycles. The van der Waals surface area contributed by atoms with Crippen LogP contribution in [0, 0.1) is 6.92 Å². The van der Waals surface area contributed by atoms with Gasteiger partial charge in [0.2, 0.25) is 0 Å². The van der Waals surface area contributed by atoms with Crippen LogP contribution in [0.4, 0.5) is 11.6 Å². The lowest BCUT2D eigenvalue weighted by molar-refractivity contribution is 0.597. The molecule has 0 unspecified atom stereocenters. The first-order valence-electron chi connectivity index (χ1n) is 5.52. The van der Waals surface area contributed by atoms with Crippen molar-refractivity contribution in [3.63, 3.8) is 0 Å². The summed E-state index contributed by atoms with van der Waals surface area (Å²) >= 11 is 0. The van der Waals surface area contributed by atoms with Gasteiger partial charge in [0.25, 0.3) is 0 Å². The molecule has 2 rings (SSSR count). The normalized spacial score (nSPS) is 19.9. The zero-order valence-corrected chi connectivity index (χ0v) is 10.6. The van der Waals surface area contributed by atoms with Gasteiger partial charge in [0.1, 0.15) is 18.0 Å². The van der Waals surface area contributed by atoms with Gasteiger partial charge in [0.15, 0.2) is 9.84 Å². The number of nitrogen functional groups attached to an aromatic ring is 1. The molecular formula is C10H16N4O2S. The Hall–Kier alpha value is -1.37. The van der Waals surface area contributed by atoms with Gasteiger partial charge in [-0.25, -0.2) is 18.4 Å². The van der Waals surface area contributed by atoms with Crippen LogP contribution in [0.5, 0.6) is 0 Å². The van der Waals surface area contributed by atoms with Gasteiger partial charge in [0, 0.05) is 18.7 Å². The largest absolute Gasteiger partial charge is 0.383 e. The van der Waals surface area contributed by atoms with E-state index in [-0.39, 0.29) is 11.5 Å². The highest BCUT2D eigenvalue weighted by atomic mass is 32.2. The number of anilines is 2. The van der Waals surface area contributed by atoms with Crippen LogP contribution in [0.25, 0.3) is 0 Å². The van der Waals surface area contributed by atoms with Crippen molar-refractivity contribution in [1.29, 1.82) is 0 Å². The number of aromatic nitrogens is 2. The Labute approximate surface area is 101 Å². The molecule has 6 nitrogen and oxygen atoms in total. The summed E-state index contributed by atoms with van der Waals surface area (Å²) in [6, 6.07) is 0. The molecule has 0 aromatic carbocycles. The summed E-state index contributed by atoms with van der Waals surface area (Å²) in [5, 5.41) is 0. The van der Waals surface area contributed by atoms with Crippen molar-refractivity contribution in [2.75, 3.05) is 35.2 Å². The molecule has 0 radical (unpaired) electrons. The van der Waals surface area contributed by atoms with E-state index in [1.54, 1.807) is 0 Å². The summed E-state index contributed by atoms with van der Waals surface area (Å²) < 4.78 is 23.0. The molecule has 1 fully saturated rings. The van der Waals surface area contributed by atoms with Crippen LogP contribution >= 0.6 is 0 Å². The molecule has 1 aromatic rings. The van der Waals surface area contributed by atoms with Crippen molar-refractivity contribution in [1.82, 2.24) is 9.97 Å². The molecule has 1 aliphatic heterocycles. The number of rotatable bonds is 1. The number of hydrogen-bond donors (Lipinski definition) is 1. The molecule has 17 heavy (non-hydrogen) atoms.